The van der Waals surface area contributed by atoms with Crippen molar-refractivity contribution in [3.05, 3.63) is 28.7 Å². The normalized spacial score (nSPS) is 19.9. The van der Waals surface area contributed by atoms with Crippen LogP contribution < -0.4 is 0 Å². The van der Waals surface area contributed by atoms with Gasteiger partial charge in [0.25, 0.3) is 0 Å². The number of halogens is 1. The maximum atomic E-state index is 12.0. The summed E-state index contributed by atoms with van der Waals surface area (Å²) in [4.78, 5) is 14.8. The molecule has 1 N–H and O–H groups in total. The van der Waals surface area contributed by atoms with E-state index >= 15 is 0 Å². The number of carbonyl (C=O) groups excluding carboxylic acids is 1. The van der Waals surface area contributed by atoms with Crippen molar-refractivity contribution in [3.63, 3.8) is 0 Å². The summed E-state index contributed by atoms with van der Waals surface area (Å²) < 4.78 is 1.02. The minimum absolute atomic E-state index is 0.110. The van der Waals surface area contributed by atoms with E-state index in [0.717, 1.165) is 28.8 Å². The molecule has 1 amide bonds. The highest BCUT2D eigenvalue weighted by Gasteiger charge is 2.21. The minimum Gasteiger partial charge on any atom is -0.391 e. The number of thioether (sulfide) groups is 1. The first-order valence-corrected chi connectivity index (χ1v) is 7.77. The molecule has 0 bridgehead atoms. The highest BCUT2D eigenvalue weighted by molar-refractivity contribution is 9.10. The first kappa shape index (κ1) is 13.9. The standard InChI is InChI=1S/C13H16BrNO2S/c14-10-3-1-5-12(7-10)18-9-13(17)15-6-2-4-11(16)8-15/h1,3,5,7,11,16H,2,4,6,8-9H2/t11-/m1/s1. The van der Waals surface area contributed by atoms with Gasteiger partial charge in [-0.2, -0.15) is 0 Å². The molecule has 0 spiro atoms. The fourth-order valence-corrected chi connectivity index (χ4v) is 3.38. The van der Waals surface area contributed by atoms with E-state index in [-0.39, 0.29) is 12.0 Å². The molecule has 98 valence electrons. The highest BCUT2D eigenvalue weighted by atomic mass is 79.9. The van der Waals surface area contributed by atoms with E-state index in [4.69, 9.17) is 0 Å². The van der Waals surface area contributed by atoms with Crippen molar-refractivity contribution in [1.82, 2.24) is 4.90 Å². The minimum atomic E-state index is -0.349. The Hall–Kier alpha value is -0.520. The summed E-state index contributed by atoms with van der Waals surface area (Å²) in [5, 5.41) is 9.54. The first-order chi connectivity index (χ1) is 8.65. The summed E-state index contributed by atoms with van der Waals surface area (Å²) >= 11 is 4.95. The third-order valence-corrected chi connectivity index (χ3v) is 4.38. The smallest absolute Gasteiger partial charge is 0.233 e. The number of likely N-dealkylation sites (tertiary alicyclic amines) is 1. The molecule has 0 saturated carbocycles. The summed E-state index contributed by atoms with van der Waals surface area (Å²) in [6, 6.07) is 7.92. The van der Waals surface area contributed by atoms with Crippen molar-refractivity contribution in [2.75, 3.05) is 18.8 Å². The van der Waals surface area contributed by atoms with Gasteiger partial charge < -0.3 is 10.0 Å². The number of amides is 1. The highest BCUT2D eigenvalue weighted by Crippen LogP contribution is 2.22. The summed E-state index contributed by atoms with van der Waals surface area (Å²) in [6.07, 6.45) is 1.36. The van der Waals surface area contributed by atoms with Crippen LogP contribution >= 0.6 is 27.7 Å². The van der Waals surface area contributed by atoms with Gasteiger partial charge in [0, 0.05) is 22.5 Å². The molecule has 1 aliphatic heterocycles. The van der Waals surface area contributed by atoms with Gasteiger partial charge in [-0.05, 0) is 31.0 Å². The third kappa shape index (κ3) is 4.00. The summed E-state index contributed by atoms with van der Waals surface area (Å²) in [6.45, 7) is 1.26. The SMILES string of the molecule is O=C(CSc1cccc(Br)c1)N1CCC[C@@H](O)C1. The Morgan fingerprint density at radius 3 is 3.11 bits per heavy atom. The Labute approximate surface area is 120 Å². The van der Waals surface area contributed by atoms with Gasteiger partial charge >= 0.3 is 0 Å². The average Bonchev–Trinajstić information content (AvgIpc) is 2.36. The lowest BCUT2D eigenvalue weighted by Crippen LogP contribution is -2.42. The van der Waals surface area contributed by atoms with Gasteiger partial charge in [-0.15, -0.1) is 11.8 Å². The Morgan fingerprint density at radius 2 is 2.39 bits per heavy atom. The van der Waals surface area contributed by atoms with Crippen molar-refractivity contribution in [2.45, 2.75) is 23.8 Å². The molecule has 0 unspecified atom stereocenters. The molecular weight excluding hydrogens is 314 g/mol. The Bertz CT molecular complexity index is 427. The molecule has 1 aliphatic rings. The van der Waals surface area contributed by atoms with Crippen LogP contribution in [0.4, 0.5) is 0 Å². The maximum Gasteiger partial charge on any atom is 0.233 e. The number of hydrogen-bond acceptors (Lipinski definition) is 3. The topological polar surface area (TPSA) is 40.5 Å². The molecule has 5 heteroatoms. The molecule has 0 aromatic heterocycles. The van der Waals surface area contributed by atoms with E-state index in [1.54, 1.807) is 4.90 Å². The van der Waals surface area contributed by atoms with E-state index in [0.29, 0.717) is 12.3 Å². The molecule has 2 rings (SSSR count). The Morgan fingerprint density at radius 1 is 1.56 bits per heavy atom. The predicted octanol–water partition coefficient (Wildman–Crippen LogP) is 2.52. The molecule has 0 radical (unpaired) electrons. The van der Waals surface area contributed by atoms with Gasteiger partial charge in [0.05, 0.1) is 11.9 Å². The third-order valence-electron chi connectivity index (χ3n) is 2.91. The van der Waals surface area contributed by atoms with Crippen LogP contribution in [0, 0.1) is 0 Å². The monoisotopic (exact) mass is 329 g/mol. The second-order valence-electron chi connectivity index (χ2n) is 4.38. The average molecular weight is 330 g/mol. The van der Waals surface area contributed by atoms with Gasteiger partial charge in [-0.25, -0.2) is 0 Å². The van der Waals surface area contributed by atoms with E-state index in [9.17, 15) is 9.90 Å². The zero-order valence-electron chi connectivity index (χ0n) is 10.0. The lowest BCUT2D eigenvalue weighted by Gasteiger charge is -2.30. The Kier molecular flexibility index (Phi) is 5.09. The Balaban J connectivity index is 1.84. The molecule has 1 saturated heterocycles. The number of rotatable bonds is 3. The molecule has 1 aromatic rings. The van der Waals surface area contributed by atoms with Crippen LogP contribution in [-0.4, -0.2) is 40.9 Å². The molecule has 18 heavy (non-hydrogen) atoms. The van der Waals surface area contributed by atoms with Crippen LogP contribution in [-0.2, 0) is 4.79 Å². The molecule has 3 nitrogen and oxygen atoms in total. The van der Waals surface area contributed by atoms with E-state index in [1.807, 2.05) is 24.3 Å². The van der Waals surface area contributed by atoms with Crippen molar-refractivity contribution in [1.29, 1.82) is 0 Å². The van der Waals surface area contributed by atoms with Crippen molar-refractivity contribution in [3.8, 4) is 0 Å². The maximum absolute atomic E-state index is 12.0. The van der Waals surface area contributed by atoms with Crippen LogP contribution in [0.15, 0.2) is 33.6 Å². The van der Waals surface area contributed by atoms with Crippen LogP contribution in [0.3, 0.4) is 0 Å². The predicted molar refractivity (Wildman–Crippen MR) is 76.7 cm³/mol. The van der Waals surface area contributed by atoms with Crippen molar-refractivity contribution in [2.24, 2.45) is 0 Å². The zero-order valence-corrected chi connectivity index (χ0v) is 12.4. The molecular formula is C13H16BrNO2S. The zero-order chi connectivity index (χ0) is 13.0. The second kappa shape index (κ2) is 6.59. The van der Waals surface area contributed by atoms with Crippen LogP contribution in [0.2, 0.25) is 0 Å². The van der Waals surface area contributed by atoms with Gasteiger partial charge in [-0.3, -0.25) is 4.79 Å². The van der Waals surface area contributed by atoms with Gasteiger partial charge in [-0.1, -0.05) is 22.0 Å². The summed E-state index contributed by atoms with van der Waals surface area (Å²) in [5.74, 6) is 0.544. The number of aliphatic hydroxyl groups is 1. The molecule has 1 heterocycles. The fourth-order valence-electron chi connectivity index (χ4n) is 1.97. The summed E-state index contributed by atoms with van der Waals surface area (Å²) in [5.41, 5.74) is 0. The molecule has 1 fully saturated rings. The van der Waals surface area contributed by atoms with Gasteiger partial charge in [0.2, 0.25) is 5.91 Å². The number of aliphatic hydroxyl groups excluding tert-OH is 1. The lowest BCUT2D eigenvalue weighted by atomic mass is 10.1. The van der Waals surface area contributed by atoms with Gasteiger partial charge in [0.15, 0.2) is 0 Å². The van der Waals surface area contributed by atoms with Crippen LogP contribution in [0.5, 0.6) is 0 Å². The number of β-amino-alcohol motifs (C(OH)–C–C–N with tert-alkyl or cyclic N) is 1. The second-order valence-corrected chi connectivity index (χ2v) is 6.35. The van der Waals surface area contributed by atoms with Crippen molar-refractivity contribution < 1.29 is 9.90 Å². The lowest BCUT2D eigenvalue weighted by molar-refractivity contribution is -0.131. The molecule has 0 aliphatic carbocycles. The van der Waals surface area contributed by atoms with Crippen LogP contribution in [0.25, 0.3) is 0 Å². The number of carbonyl (C=O) groups is 1. The molecule has 1 aromatic carbocycles. The number of benzene rings is 1. The molecule has 1 atom stereocenters. The van der Waals surface area contributed by atoms with E-state index in [2.05, 4.69) is 15.9 Å². The number of nitrogens with zero attached hydrogens (tertiary/aromatic N) is 1. The van der Waals surface area contributed by atoms with E-state index in [1.165, 1.54) is 11.8 Å². The largest absolute Gasteiger partial charge is 0.391 e. The quantitative estimate of drug-likeness (QED) is 0.866. The number of hydrogen-bond donors (Lipinski definition) is 1. The van der Waals surface area contributed by atoms with Gasteiger partial charge in [0.1, 0.15) is 0 Å². The first-order valence-electron chi connectivity index (χ1n) is 5.99. The fraction of sp³-hybridized carbons (Fsp3) is 0.462. The summed E-state index contributed by atoms with van der Waals surface area (Å²) in [7, 11) is 0. The van der Waals surface area contributed by atoms with E-state index < -0.39 is 0 Å². The van der Waals surface area contributed by atoms with Crippen LogP contribution in [0.1, 0.15) is 12.8 Å². The number of piperidine rings is 1. The van der Waals surface area contributed by atoms with Crippen molar-refractivity contribution >= 4 is 33.6 Å².